The maximum absolute atomic E-state index is 11.7. The van der Waals surface area contributed by atoms with E-state index in [0.29, 0.717) is 11.3 Å². The van der Waals surface area contributed by atoms with Crippen LogP contribution in [-0.4, -0.2) is 11.0 Å². The predicted octanol–water partition coefficient (Wildman–Crippen LogP) is 2.71. The smallest absolute Gasteiger partial charge is 0.343 e. The Bertz CT molecular complexity index is 499. The third-order valence-corrected chi connectivity index (χ3v) is 2.71. The van der Waals surface area contributed by atoms with Crippen LogP contribution in [0.4, 0.5) is 0 Å². The Kier molecular flexibility index (Phi) is 3.51. The summed E-state index contributed by atoms with van der Waals surface area (Å²) >= 11 is 2.05. The number of carbonyl (C=O) groups is 1. The van der Waals surface area contributed by atoms with Crippen LogP contribution in [0, 0.1) is 9.77 Å². The second-order valence-electron chi connectivity index (χ2n) is 3.00. The number of nitrogens with zero attached hydrogens (tertiary/aromatic N) is 1. The molecule has 0 amide bonds. The summed E-state index contributed by atoms with van der Waals surface area (Å²) in [6.45, 7) is 0. The zero-order valence-electron chi connectivity index (χ0n) is 8.18. The highest BCUT2D eigenvalue weighted by Crippen LogP contribution is 2.19. The summed E-state index contributed by atoms with van der Waals surface area (Å²) in [4.78, 5) is 15.5. The summed E-state index contributed by atoms with van der Waals surface area (Å²) in [5, 5.41) is 0. The van der Waals surface area contributed by atoms with Crippen molar-refractivity contribution in [1.29, 1.82) is 0 Å². The van der Waals surface area contributed by atoms with Gasteiger partial charge < -0.3 is 4.74 Å². The minimum atomic E-state index is -0.377. The van der Waals surface area contributed by atoms with Crippen LogP contribution in [0.15, 0.2) is 42.6 Å². The molecule has 0 aliphatic carbocycles. The van der Waals surface area contributed by atoms with Crippen LogP contribution in [0.25, 0.3) is 0 Å². The van der Waals surface area contributed by atoms with Crippen molar-refractivity contribution in [2.75, 3.05) is 0 Å². The van der Waals surface area contributed by atoms with E-state index in [-0.39, 0.29) is 5.97 Å². The predicted molar refractivity (Wildman–Crippen MR) is 67.2 cm³/mol. The third kappa shape index (κ3) is 2.57. The van der Waals surface area contributed by atoms with Gasteiger partial charge in [0.25, 0.3) is 0 Å². The van der Waals surface area contributed by atoms with Crippen molar-refractivity contribution in [3.05, 3.63) is 57.9 Å². The molecule has 1 radical (unpaired) electrons. The summed E-state index contributed by atoms with van der Waals surface area (Å²) in [7, 11) is 0. The number of benzene rings is 1. The first-order valence-electron chi connectivity index (χ1n) is 4.56. The van der Waals surface area contributed by atoms with E-state index in [1.54, 1.807) is 36.5 Å². The molecule has 0 N–H and O–H groups in total. The Morgan fingerprint density at radius 2 is 2.06 bits per heavy atom. The fourth-order valence-electron chi connectivity index (χ4n) is 1.13. The van der Waals surface area contributed by atoms with E-state index < -0.39 is 0 Å². The third-order valence-electron chi connectivity index (χ3n) is 1.90. The zero-order valence-corrected chi connectivity index (χ0v) is 10.3. The van der Waals surface area contributed by atoms with Gasteiger partial charge in [-0.15, -0.1) is 0 Å². The molecule has 0 bridgehead atoms. The first kappa shape index (κ1) is 11.1. The maximum atomic E-state index is 11.7. The lowest BCUT2D eigenvalue weighted by Gasteiger charge is -2.04. The molecule has 0 spiro atoms. The van der Waals surface area contributed by atoms with Gasteiger partial charge in [0, 0.05) is 12.3 Å². The van der Waals surface area contributed by atoms with E-state index in [0.717, 1.165) is 3.57 Å². The molecule has 0 saturated heterocycles. The molecule has 0 fully saturated rings. The van der Waals surface area contributed by atoms with Crippen LogP contribution in [0.3, 0.4) is 0 Å². The number of aromatic nitrogens is 1. The summed E-state index contributed by atoms with van der Waals surface area (Å²) in [5.41, 5.74) is 0.523. The van der Waals surface area contributed by atoms with Gasteiger partial charge in [-0.3, -0.25) is 4.98 Å². The summed E-state index contributed by atoms with van der Waals surface area (Å²) in [6.07, 6.45) is 4.22. The van der Waals surface area contributed by atoms with Gasteiger partial charge >= 0.3 is 5.97 Å². The summed E-state index contributed by atoms with van der Waals surface area (Å²) in [5.74, 6) is 0.0996. The summed E-state index contributed by atoms with van der Waals surface area (Å²) < 4.78 is 5.99. The molecule has 1 aromatic heterocycles. The number of halogens is 1. The Morgan fingerprint density at radius 3 is 2.75 bits per heavy atom. The molecule has 2 aromatic rings. The number of ether oxygens (including phenoxy) is 1. The van der Waals surface area contributed by atoms with E-state index in [1.807, 2.05) is 6.07 Å². The largest absolute Gasteiger partial charge is 0.422 e. The number of rotatable bonds is 2. The number of hydrogen-bond acceptors (Lipinski definition) is 3. The molecule has 79 valence electrons. The molecule has 0 atom stereocenters. The molecule has 0 saturated carbocycles. The molecular weight excluding hydrogens is 317 g/mol. The average molecular weight is 324 g/mol. The molecule has 3 nitrogen and oxygen atoms in total. The van der Waals surface area contributed by atoms with Crippen LogP contribution < -0.4 is 4.74 Å². The monoisotopic (exact) mass is 324 g/mol. The highest BCUT2D eigenvalue weighted by Gasteiger charge is 2.09. The van der Waals surface area contributed by atoms with Gasteiger partial charge in [0.1, 0.15) is 5.75 Å². The molecule has 4 heteroatoms. The van der Waals surface area contributed by atoms with Crippen LogP contribution in [0.1, 0.15) is 10.4 Å². The zero-order chi connectivity index (χ0) is 11.4. The SMILES string of the molecule is O=C(Oc1c[c]ncc1I)c1ccccc1. The van der Waals surface area contributed by atoms with E-state index in [9.17, 15) is 4.79 Å². The minimum absolute atomic E-state index is 0.377. The van der Waals surface area contributed by atoms with Crippen molar-refractivity contribution >= 4 is 28.6 Å². The Balaban J connectivity index is 2.18. The average Bonchev–Trinajstić information content (AvgIpc) is 2.33. The fourth-order valence-corrected chi connectivity index (χ4v) is 1.54. The molecule has 0 aliphatic rings. The van der Waals surface area contributed by atoms with E-state index >= 15 is 0 Å². The lowest BCUT2D eigenvalue weighted by Crippen LogP contribution is -2.09. The first-order valence-corrected chi connectivity index (χ1v) is 5.64. The van der Waals surface area contributed by atoms with Crippen molar-refractivity contribution in [2.45, 2.75) is 0 Å². The molecular formula is C12H7INO2. The van der Waals surface area contributed by atoms with Gasteiger partial charge in [0.05, 0.1) is 15.3 Å². The quantitative estimate of drug-likeness (QED) is 0.630. The molecule has 0 aliphatic heterocycles. The Hall–Kier alpha value is -1.43. The molecule has 16 heavy (non-hydrogen) atoms. The van der Waals surface area contributed by atoms with Gasteiger partial charge in [-0.1, -0.05) is 18.2 Å². The van der Waals surface area contributed by atoms with Gasteiger partial charge in [0.2, 0.25) is 0 Å². The number of esters is 1. The number of hydrogen-bond donors (Lipinski definition) is 0. The van der Waals surface area contributed by atoms with Gasteiger partial charge in [-0.2, -0.15) is 0 Å². The van der Waals surface area contributed by atoms with E-state index in [2.05, 4.69) is 33.8 Å². The number of pyridine rings is 1. The van der Waals surface area contributed by atoms with Crippen molar-refractivity contribution in [1.82, 2.24) is 4.98 Å². The van der Waals surface area contributed by atoms with Crippen molar-refractivity contribution in [3.8, 4) is 5.75 Å². The van der Waals surface area contributed by atoms with Crippen LogP contribution >= 0.6 is 22.6 Å². The Labute approximate surface area is 107 Å². The molecule has 1 heterocycles. The molecule has 0 unspecified atom stereocenters. The highest BCUT2D eigenvalue weighted by atomic mass is 127. The maximum Gasteiger partial charge on any atom is 0.343 e. The second kappa shape index (κ2) is 5.07. The normalized spacial score (nSPS) is 9.81. The lowest BCUT2D eigenvalue weighted by molar-refractivity contribution is 0.0733. The second-order valence-corrected chi connectivity index (χ2v) is 4.16. The van der Waals surface area contributed by atoms with E-state index in [4.69, 9.17) is 4.74 Å². The Morgan fingerprint density at radius 1 is 1.31 bits per heavy atom. The molecule has 2 rings (SSSR count). The fraction of sp³-hybridized carbons (Fsp3) is 0. The molecule has 1 aromatic carbocycles. The van der Waals surface area contributed by atoms with E-state index in [1.165, 1.54) is 0 Å². The van der Waals surface area contributed by atoms with Crippen molar-refractivity contribution in [2.24, 2.45) is 0 Å². The summed E-state index contributed by atoms with van der Waals surface area (Å²) in [6, 6.07) is 10.4. The number of carbonyl (C=O) groups excluding carboxylic acids is 1. The van der Waals surface area contributed by atoms with Gasteiger partial charge in [-0.25, -0.2) is 4.79 Å². The van der Waals surface area contributed by atoms with Crippen molar-refractivity contribution in [3.63, 3.8) is 0 Å². The topological polar surface area (TPSA) is 39.2 Å². The highest BCUT2D eigenvalue weighted by molar-refractivity contribution is 14.1. The van der Waals surface area contributed by atoms with Crippen molar-refractivity contribution < 1.29 is 9.53 Å². The van der Waals surface area contributed by atoms with Crippen LogP contribution in [0.5, 0.6) is 5.75 Å². The first-order chi connectivity index (χ1) is 7.77. The minimum Gasteiger partial charge on any atom is -0.422 e. The van der Waals surface area contributed by atoms with Crippen LogP contribution in [-0.2, 0) is 0 Å². The van der Waals surface area contributed by atoms with Gasteiger partial charge in [0.15, 0.2) is 0 Å². The lowest BCUT2D eigenvalue weighted by atomic mass is 10.2. The standard InChI is InChI=1S/C12H7INO2/c13-10-8-14-7-6-11(10)16-12(15)9-4-2-1-3-5-9/h1-6,8H. The van der Waals surface area contributed by atoms with Crippen LogP contribution in [0.2, 0.25) is 0 Å². The van der Waals surface area contributed by atoms with Gasteiger partial charge in [-0.05, 0) is 34.7 Å².